The molecule has 2 unspecified atom stereocenters. The number of nitrogens with zero attached hydrogens (tertiary/aromatic N) is 1. The summed E-state index contributed by atoms with van der Waals surface area (Å²) in [6, 6.07) is 6.17. The first kappa shape index (κ1) is 16.3. The molecule has 2 N–H and O–H groups in total. The normalized spacial score (nSPS) is 23.0. The zero-order chi connectivity index (χ0) is 15.5. The summed E-state index contributed by atoms with van der Waals surface area (Å²) in [5.74, 6) is 0.406. The molecule has 0 spiro atoms. The van der Waals surface area contributed by atoms with E-state index in [-0.39, 0.29) is 0 Å². The number of alkyl halides is 3. The van der Waals surface area contributed by atoms with Crippen molar-refractivity contribution in [1.29, 1.82) is 0 Å². The first-order valence-electron chi connectivity index (χ1n) is 7.56. The smallest absolute Gasteiger partial charge is 0.330 e. The van der Waals surface area contributed by atoms with Gasteiger partial charge < -0.3 is 5.73 Å². The Bertz CT molecular complexity index is 459. The van der Waals surface area contributed by atoms with Crippen molar-refractivity contribution in [2.45, 2.75) is 44.9 Å². The molecule has 2 atom stereocenters. The quantitative estimate of drug-likeness (QED) is 0.899. The van der Waals surface area contributed by atoms with E-state index in [1.807, 2.05) is 6.92 Å². The summed E-state index contributed by atoms with van der Waals surface area (Å²) in [5, 5.41) is 0. The van der Waals surface area contributed by atoms with E-state index < -0.39 is 11.7 Å². The molecule has 1 aromatic carbocycles. The zero-order valence-electron chi connectivity index (χ0n) is 12.4. The van der Waals surface area contributed by atoms with Gasteiger partial charge in [0.25, 0.3) is 0 Å². The number of rotatable bonds is 5. The average Bonchev–Trinajstić information content (AvgIpc) is 2.92. The van der Waals surface area contributed by atoms with E-state index in [4.69, 9.17) is 5.73 Å². The van der Waals surface area contributed by atoms with Gasteiger partial charge in [0.1, 0.15) is 0 Å². The van der Waals surface area contributed by atoms with Crippen LogP contribution in [-0.2, 0) is 12.7 Å². The molecule has 0 amide bonds. The lowest BCUT2D eigenvalue weighted by Crippen LogP contribution is -2.40. The van der Waals surface area contributed by atoms with Gasteiger partial charge in [0.05, 0.1) is 5.56 Å². The van der Waals surface area contributed by atoms with Crippen molar-refractivity contribution >= 4 is 0 Å². The molecule has 0 saturated heterocycles. The van der Waals surface area contributed by atoms with Gasteiger partial charge in [-0.3, -0.25) is 4.90 Å². The van der Waals surface area contributed by atoms with Crippen molar-refractivity contribution in [2.75, 3.05) is 13.1 Å². The predicted molar refractivity (Wildman–Crippen MR) is 77.7 cm³/mol. The molecule has 0 bridgehead atoms. The van der Waals surface area contributed by atoms with Crippen LogP contribution in [0.5, 0.6) is 0 Å². The van der Waals surface area contributed by atoms with E-state index in [1.54, 1.807) is 12.1 Å². The summed E-state index contributed by atoms with van der Waals surface area (Å²) in [4.78, 5) is 2.15. The number of hydrogen-bond acceptors (Lipinski definition) is 2. The van der Waals surface area contributed by atoms with Crippen LogP contribution in [0.2, 0.25) is 0 Å². The van der Waals surface area contributed by atoms with E-state index >= 15 is 0 Å². The Hall–Kier alpha value is -1.07. The van der Waals surface area contributed by atoms with Gasteiger partial charge in [-0.25, -0.2) is 0 Å². The Morgan fingerprint density at radius 2 is 1.95 bits per heavy atom. The number of benzene rings is 1. The highest BCUT2D eigenvalue weighted by atomic mass is 19.4. The minimum atomic E-state index is -4.29. The Labute approximate surface area is 124 Å². The van der Waals surface area contributed by atoms with Gasteiger partial charge in [0.2, 0.25) is 0 Å². The highest BCUT2D eigenvalue weighted by molar-refractivity contribution is 5.29. The monoisotopic (exact) mass is 300 g/mol. The third-order valence-corrected chi connectivity index (χ3v) is 4.49. The van der Waals surface area contributed by atoms with E-state index in [0.29, 0.717) is 30.6 Å². The maximum atomic E-state index is 13.1. The Morgan fingerprint density at radius 1 is 1.24 bits per heavy atom. The molecule has 1 aliphatic carbocycles. The van der Waals surface area contributed by atoms with E-state index in [1.165, 1.54) is 6.07 Å². The number of hydrogen-bond donors (Lipinski definition) is 1. The largest absolute Gasteiger partial charge is 0.416 e. The molecule has 21 heavy (non-hydrogen) atoms. The molecule has 0 radical (unpaired) electrons. The molecule has 2 rings (SSSR count). The minimum absolute atomic E-state index is 0.307. The van der Waals surface area contributed by atoms with Gasteiger partial charge in [-0.2, -0.15) is 13.2 Å². The van der Waals surface area contributed by atoms with Crippen LogP contribution in [0, 0.1) is 5.92 Å². The van der Waals surface area contributed by atoms with Crippen molar-refractivity contribution in [3.05, 3.63) is 35.4 Å². The molecule has 5 heteroatoms. The summed E-state index contributed by atoms with van der Waals surface area (Å²) in [7, 11) is 0. The van der Waals surface area contributed by atoms with Crippen LogP contribution in [0.4, 0.5) is 13.2 Å². The predicted octanol–water partition coefficient (Wildman–Crippen LogP) is 3.65. The molecule has 1 fully saturated rings. The molecular weight excluding hydrogens is 277 g/mol. The Kier molecular flexibility index (Phi) is 5.27. The molecular formula is C16H23F3N2. The van der Waals surface area contributed by atoms with Crippen LogP contribution < -0.4 is 5.73 Å². The second-order valence-electron chi connectivity index (χ2n) is 5.71. The SMILES string of the molecule is CCN(Cc1ccccc1C(F)(F)F)C1CCCC1CN. The topological polar surface area (TPSA) is 29.3 Å². The van der Waals surface area contributed by atoms with Crippen LogP contribution in [0.15, 0.2) is 24.3 Å². The Morgan fingerprint density at radius 3 is 2.57 bits per heavy atom. The zero-order valence-corrected chi connectivity index (χ0v) is 12.4. The van der Waals surface area contributed by atoms with Gasteiger partial charge in [0.15, 0.2) is 0 Å². The maximum Gasteiger partial charge on any atom is 0.416 e. The molecule has 118 valence electrons. The first-order chi connectivity index (χ1) is 9.97. The highest BCUT2D eigenvalue weighted by Gasteiger charge is 2.35. The van der Waals surface area contributed by atoms with Crippen molar-refractivity contribution in [2.24, 2.45) is 11.7 Å². The summed E-state index contributed by atoms with van der Waals surface area (Å²) < 4.78 is 39.3. The third kappa shape index (κ3) is 3.77. The van der Waals surface area contributed by atoms with Gasteiger partial charge in [-0.1, -0.05) is 31.5 Å². The van der Waals surface area contributed by atoms with Crippen LogP contribution in [0.25, 0.3) is 0 Å². The number of halogens is 3. The van der Waals surface area contributed by atoms with Gasteiger partial charge >= 0.3 is 6.18 Å². The molecule has 1 saturated carbocycles. The van der Waals surface area contributed by atoms with Crippen LogP contribution in [-0.4, -0.2) is 24.0 Å². The lowest BCUT2D eigenvalue weighted by Gasteiger charge is -2.32. The maximum absolute atomic E-state index is 13.1. The van der Waals surface area contributed by atoms with Crippen molar-refractivity contribution in [3.8, 4) is 0 Å². The van der Waals surface area contributed by atoms with E-state index in [2.05, 4.69) is 4.90 Å². The standard InChI is InChI=1S/C16H23F3N2/c1-2-21(15-9-5-7-12(15)10-20)11-13-6-3-4-8-14(13)16(17,18)19/h3-4,6,8,12,15H,2,5,7,9-11,20H2,1H3. The fraction of sp³-hybridized carbons (Fsp3) is 0.625. The first-order valence-corrected chi connectivity index (χ1v) is 7.56. The second-order valence-corrected chi connectivity index (χ2v) is 5.71. The van der Waals surface area contributed by atoms with Crippen molar-refractivity contribution < 1.29 is 13.2 Å². The highest BCUT2D eigenvalue weighted by Crippen LogP contribution is 2.34. The van der Waals surface area contributed by atoms with Gasteiger partial charge in [-0.05, 0) is 43.5 Å². The molecule has 2 nitrogen and oxygen atoms in total. The molecule has 1 aromatic rings. The summed E-state index contributed by atoms with van der Waals surface area (Å²) in [6.07, 6.45) is -1.06. The second kappa shape index (κ2) is 6.79. The average molecular weight is 300 g/mol. The minimum Gasteiger partial charge on any atom is -0.330 e. The van der Waals surface area contributed by atoms with Crippen molar-refractivity contribution in [3.63, 3.8) is 0 Å². The van der Waals surface area contributed by atoms with Gasteiger partial charge in [0, 0.05) is 12.6 Å². The lowest BCUT2D eigenvalue weighted by atomic mass is 10.00. The van der Waals surface area contributed by atoms with Crippen LogP contribution in [0.1, 0.15) is 37.3 Å². The van der Waals surface area contributed by atoms with Crippen molar-refractivity contribution in [1.82, 2.24) is 4.90 Å². The van der Waals surface area contributed by atoms with Gasteiger partial charge in [-0.15, -0.1) is 0 Å². The van der Waals surface area contributed by atoms with Crippen LogP contribution >= 0.6 is 0 Å². The van der Waals surface area contributed by atoms with Crippen LogP contribution in [0.3, 0.4) is 0 Å². The fourth-order valence-corrected chi connectivity index (χ4v) is 3.39. The molecule has 0 aromatic heterocycles. The van der Waals surface area contributed by atoms with E-state index in [0.717, 1.165) is 31.9 Å². The third-order valence-electron chi connectivity index (χ3n) is 4.49. The Balaban J connectivity index is 2.19. The molecule has 0 heterocycles. The molecule has 0 aliphatic heterocycles. The summed E-state index contributed by atoms with van der Waals surface area (Å²) in [5.41, 5.74) is 5.64. The number of nitrogens with two attached hydrogens (primary N) is 1. The fourth-order valence-electron chi connectivity index (χ4n) is 3.39. The lowest BCUT2D eigenvalue weighted by molar-refractivity contribution is -0.138. The summed E-state index contributed by atoms with van der Waals surface area (Å²) >= 11 is 0. The molecule has 1 aliphatic rings. The summed E-state index contributed by atoms with van der Waals surface area (Å²) in [6.45, 7) is 3.70. The van der Waals surface area contributed by atoms with E-state index in [9.17, 15) is 13.2 Å².